The molecule has 0 saturated carbocycles. The summed E-state index contributed by atoms with van der Waals surface area (Å²) in [5.74, 6) is -1.81. The second-order valence-electron chi connectivity index (χ2n) is 3.50. The van der Waals surface area contributed by atoms with Crippen molar-refractivity contribution in [3.63, 3.8) is 0 Å². The van der Waals surface area contributed by atoms with Crippen molar-refractivity contribution in [1.29, 1.82) is 0 Å². The summed E-state index contributed by atoms with van der Waals surface area (Å²) in [7, 11) is -4.91. The summed E-state index contributed by atoms with van der Waals surface area (Å²) in [5, 5.41) is 3.92. The van der Waals surface area contributed by atoms with Gasteiger partial charge in [-0.15, -0.1) is 0 Å². The van der Waals surface area contributed by atoms with Crippen molar-refractivity contribution in [1.82, 2.24) is 10.6 Å². The largest absolute Gasteiger partial charge is 0.313 e. The lowest BCUT2D eigenvalue weighted by Gasteiger charge is -2.33. The lowest BCUT2D eigenvalue weighted by atomic mass is 10.1. The van der Waals surface area contributed by atoms with Crippen LogP contribution in [0.15, 0.2) is 37.5 Å². The average molecular weight is 288 g/mol. The molecule has 0 unspecified atom stereocenters. The Hall–Kier alpha value is -1.93. The van der Waals surface area contributed by atoms with Crippen molar-refractivity contribution in [2.24, 2.45) is 0 Å². The maximum Gasteiger partial charge on any atom is 0.313 e. The molecule has 8 heteroatoms. The van der Waals surface area contributed by atoms with E-state index in [0.717, 1.165) is 12.2 Å². The fourth-order valence-corrected chi connectivity index (χ4v) is 2.19. The number of carbonyl (C=O) groups excluding carboxylic acids is 2. The molecule has 0 saturated heterocycles. The van der Waals surface area contributed by atoms with Crippen molar-refractivity contribution in [3.8, 4) is 0 Å². The Morgan fingerprint density at radius 3 is 1.79 bits per heavy atom. The predicted octanol–water partition coefficient (Wildman–Crippen LogP) is 0.0986. The maximum atomic E-state index is 11.6. The summed E-state index contributed by atoms with van der Waals surface area (Å²) in [6.45, 7) is 11.3. The zero-order chi connectivity index (χ0) is 15.3. The van der Waals surface area contributed by atoms with Gasteiger partial charge in [0.2, 0.25) is 11.8 Å². The van der Waals surface area contributed by atoms with Gasteiger partial charge >= 0.3 is 10.1 Å². The third kappa shape index (κ3) is 3.76. The lowest BCUT2D eigenvalue weighted by molar-refractivity contribution is -0.120. The predicted molar refractivity (Wildman–Crippen MR) is 70.4 cm³/mol. The third-order valence-corrected chi connectivity index (χ3v) is 3.55. The Bertz CT molecular complexity index is 499. The van der Waals surface area contributed by atoms with Crippen LogP contribution in [0.2, 0.25) is 0 Å². The molecule has 0 atom stereocenters. The smallest absolute Gasteiger partial charge is 0.311 e. The van der Waals surface area contributed by atoms with Gasteiger partial charge in [-0.05, 0) is 24.1 Å². The van der Waals surface area contributed by atoms with Gasteiger partial charge < -0.3 is 10.6 Å². The Morgan fingerprint density at radius 2 is 1.58 bits per heavy atom. The average Bonchev–Trinajstić information content (AvgIpc) is 2.34. The molecule has 2 amide bonds. The zero-order valence-electron chi connectivity index (χ0n) is 10.5. The highest BCUT2D eigenvalue weighted by Gasteiger charge is 2.47. The molecule has 0 spiro atoms. The van der Waals surface area contributed by atoms with Gasteiger partial charge in [-0.25, -0.2) is 0 Å². The standard InChI is InChI=1S/C11H16N2O5S/c1-5-8(4)11(19(16,17)18,12-9(14)6-2)13-10(15)7-3/h6-7H,2-5H2,1H3,(H,12,14)(H,13,15)(H,16,17,18). The van der Waals surface area contributed by atoms with Crippen LogP contribution in [0.5, 0.6) is 0 Å². The van der Waals surface area contributed by atoms with Crippen LogP contribution in [0.1, 0.15) is 13.3 Å². The van der Waals surface area contributed by atoms with Crippen LogP contribution in [0.25, 0.3) is 0 Å². The molecular formula is C11H16N2O5S. The minimum Gasteiger partial charge on any atom is -0.311 e. The first-order chi connectivity index (χ1) is 8.64. The quantitative estimate of drug-likeness (QED) is 0.266. The maximum absolute atomic E-state index is 11.6. The van der Waals surface area contributed by atoms with Crippen molar-refractivity contribution in [3.05, 3.63) is 37.5 Å². The van der Waals surface area contributed by atoms with Crippen LogP contribution in [0.4, 0.5) is 0 Å². The number of nitrogens with one attached hydrogen (secondary N) is 2. The molecule has 0 radical (unpaired) electrons. The number of rotatable bonds is 7. The molecule has 0 aromatic rings. The van der Waals surface area contributed by atoms with E-state index >= 15 is 0 Å². The van der Waals surface area contributed by atoms with Crippen LogP contribution in [-0.2, 0) is 19.7 Å². The summed E-state index contributed by atoms with van der Waals surface area (Å²) in [5.41, 5.74) is -0.125. The molecule has 0 rings (SSSR count). The van der Waals surface area contributed by atoms with Gasteiger partial charge in [0.05, 0.1) is 0 Å². The van der Waals surface area contributed by atoms with Gasteiger partial charge in [0, 0.05) is 0 Å². The molecule has 0 aliphatic carbocycles. The summed E-state index contributed by atoms with van der Waals surface area (Å²) >= 11 is 0. The Morgan fingerprint density at radius 1 is 1.21 bits per heavy atom. The first-order valence-corrected chi connectivity index (χ1v) is 6.63. The molecule has 0 bridgehead atoms. The molecule has 0 aromatic carbocycles. The Kier molecular flexibility index (Phi) is 5.66. The van der Waals surface area contributed by atoms with Crippen molar-refractivity contribution in [2.75, 3.05) is 0 Å². The van der Waals surface area contributed by atoms with E-state index < -0.39 is 26.9 Å². The molecule has 0 aliphatic heterocycles. The van der Waals surface area contributed by atoms with Crippen LogP contribution in [-0.4, -0.2) is 29.8 Å². The van der Waals surface area contributed by atoms with E-state index in [9.17, 15) is 22.6 Å². The molecule has 106 valence electrons. The zero-order valence-corrected chi connectivity index (χ0v) is 11.3. The molecule has 19 heavy (non-hydrogen) atoms. The number of amides is 2. The molecule has 0 aliphatic rings. The fourth-order valence-electron chi connectivity index (χ4n) is 1.22. The monoisotopic (exact) mass is 288 g/mol. The normalized spacial score (nSPS) is 11.3. The van der Waals surface area contributed by atoms with Gasteiger partial charge in [0.1, 0.15) is 0 Å². The minimum absolute atomic E-state index is 0.0780. The van der Waals surface area contributed by atoms with E-state index in [1.54, 1.807) is 6.92 Å². The summed E-state index contributed by atoms with van der Waals surface area (Å²) in [4.78, 5) is 20.2. The van der Waals surface area contributed by atoms with E-state index in [1.165, 1.54) is 0 Å². The van der Waals surface area contributed by atoms with E-state index in [2.05, 4.69) is 19.7 Å². The van der Waals surface area contributed by atoms with Crippen molar-refractivity contribution < 1.29 is 22.6 Å². The van der Waals surface area contributed by atoms with Gasteiger partial charge in [0.25, 0.3) is 4.99 Å². The van der Waals surface area contributed by atoms with Crippen LogP contribution < -0.4 is 10.6 Å². The van der Waals surface area contributed by atoms with E-state index in [4.69, 9.17) is 0 Å². The Labute approximate surface area is 111 Å². The highest BCUT2D eigenvalue weighted by atomic mass is 32.2. The van der Waals surface area contributed by atoms with Crippen LogP contribution in [0, 0.1) is 0 Å². The molecule has 0 aromatic heterocycles. The lowest BCUT2D eigenvalue weighted by Crippen LogP contribution is -2.65. The van der Waals surface area contributed by atoms with Gasteiger partial charge in [-0.1, -0.05) is 26.7 Å². The SMILES string of the molecule is C=CC(=O)NC(NC(=O)C=C)(C(=C)CC)S(=O)(=O)O. The van der Waals surface area contributed by atoms with Crippen LogP contribution in [0.3, 0.4) is 0 Å². The van der Waals surface area contributed by atoms with E-state index in [1.807, 2.05) is 10.6 Å². The number of carbonyl (C=O) groups is 2. The molecule has 0 fully saturated rings. The van der Waals surface area contributed by atoms with Gasteiger partial charge in [0.15, 0.2) is 0 Å². The highest BCUT2D eigenvalue weighted by Crippen LogP contribution is 2.22. The molecular weight excluding hydrogens is 272 g/mol. The van der Waals surface area contributed by atoms with Gasteiger partial charge in [-0.3, -0.25) is 14.1 Å². The van der Waals surface area contributed by atoms with Crippen molar-refractivity contribution >= 4 is 21.9 Å². The van der Waals surface area contributed by atoms with Gasteiger partial charge in [-0.2, -0.15) is 8.42 Å². The second kappa shape index (κ2) is 6.30. The third-order valence-electron chi connectivity index (χ3n) is 2.28. The molecule has 7 nitrogen and oxygen atoms in total. The second-order valence-corrected chi connectivity index (χ2v) is 5.06. The van der Waals surface area contributed by atoms with E-state index in [0.29, 0.717) is 0 Å². The topological polar surface area (TPSA) is 113 Å². The summed E-state index contributed by atoms with van der Waals surface area (Å²) in [6, 6.07) is 0. The summed E-state index contributed by atoms with van der Waals surface area (Å²) in [6.07, 6.45) is 1.67. The minimum atomic E-state index is -4.91. The first kappa shape index (κ1) is 17.1. The van der Waals surface area contributed by atoms with E-state index in [-0.39, 0.29) is 12.0 Å². The van der Waals surface area contributed by atoms with Crippen LogP contribution >= 0.6 is 0 Å². The highest BCUT2D eigenvalue weighted by molar-refractivity contribution is 7.87. The number of hydrogen-bond acceptors (Lipinski definition) is 4. The summed E-state index contributed by atoms with van der Waals surface area (Å²) < 4.78 is 32.4. The molecule has 3 N–H and O–H groups in total. The molecule has 0 heterocycles. The number of hydrogen-bond donors (Lipinski definition) is 3. The first-order valence-electron chi connectivity index (χ1n) is 5.19. The fraction of sp³-hybridized carbons (Fsp3) is 0.273. The Balaban J connectivity index is 5.94. The van der Waals surface area contributed by atoms with Crippen molar-refractivity contribution in [2.45, 2.75) is 18.3 Å².